The molecular formula is C8H7FIN5. The van der Waals surface area contributed by atoms with Crippen LogP contribution in [0.3, 0.4) is 0 Å². The average Bonchev–Trinajstić information content (AvgIpc) is 2.49. The molecule has 4 N–H and O–H groups in total. The van der Waals surface area contributed by atoms with Crippen LogP contribution in [0.4, 0.5) is 10.3 Å². The lowest BCUT2D eigenvalue weighted by molar-refractivity contribution is 0.627. The number of aromatic nitrogens is 3. The van der Waals surface area contributed by atoms with Gasteiger partial charge in [0.15, 0.2) is 5.82 Å². The maximum atomic E-state index is 12.9. The summed E-state index contributed by atoms with van der Waals surface area (Å²) in [6.45, 7) is 0. The fourth-order valence-corrected chi connectivity index (χ4v) is 1.88. The molecule has 5 nitrogen and oxygen atoms in total. The number of nitrogens with two attached hydrogens (primary N) is 2. The molecule has 0 fully saturated rings. The first kappa shape index (κ1) is 10.1. The molecule has 0 bridgehead atoms. The van der Waals surface area contributed by atoms with Gasteiger partial charge in [-0.25, -0.2) is 9.07 Å². The number of nitrogens with zero attached hydrogens (tertiary/aromatic N) is 3. The maximum absolute atomic E-state index is 12.9. The summed E-state index contributed by atoms with van der Waals surface area (Å²) in [4.78, 5) is 0. The van der Waals surface area contributed by atoms with Gasteiger partial charge in [0.05, 0.1) is 0 Å². The average molecular weight is 319 g/mol. The van der Waals surface area contributed by atoms with Gasteiger partial charge < -0.3 is 11.6 Å². The van der Waals surface area contributed by atoms with Crippen molar-refractivity contribution >= 4 is 28.5 Å². The number of halogens is 2. The van der Waals surface area contributed by atoms with Gasteiger partial charge in [-0.1, -0.05) is 0 Å². The van der Waals surface area contributed by atoms with Crippen LogP contribution in [0.1, 0.15) is 0 Å². The predicted octanol–water partition coefficient (Wildman–Crippen LogP) is 0.985. The minimum absolute atomic E-state index is 0.116. The highest BCUT2D eigenvalue weighted by Crippen LogP contribution is 2.24. The summed E-state index contributed by atoms with van der Waals surface area (Å²) < 4.78 is 14.7. The summed E-state index contributed by atoms with van der Waals surface area (Å²) in [5.74, 6) is 5.83. The van der Waals surface area contributed by atoms with Crippen LogP contribution < -0.4 is 11.6 Å². The van der Waals surface area contributed by atoms with Gasteiger partial charge in [0.2, 0.25) is 5.95 Å². The Bertz CT molecular complexity index is 510. The van der Waals surface area contributed by atoms with E-state index in [2.05, 4.69) is 10.2 Å². The van der Waals surface area contributed by atoms with E-state index in [1.807, 2.05) is 22.6 Å². The first-order chi connectivity index (χ1) is 7.09. The van der Waals surface area contributed by atoms with Gasteiger partial charge >= 0.3 is 0 Å². The minimum atomic E-state index is -0.306. The van der Waals surface area contributed by atoms with E-state index in [1.54, 1.807) is 6.07 Å². The summed E-state index contributed by atoms with van der Waals surface area (Å²) in [5.41, 5.74) is 6.14. The Morgan fingerprint density at radius 3 is 2.60 bits per heavy atom. The van der Waals surface area contributed by atoms with Crippen molar-refractivity contribution in [2.45, 2.75) is 0 Å². The first-order valence-corrected chi connectivity index (χ1v) is 5.09. The number of nitrogen functional groups attached to an aromatic ring is 2. The summed E-state index contributed by atoms with van der Waals surface area (Å²) >= 11 is 2.00. The van der Waals surface area contributed by atoms with Crippen molar-refractivity contribution in [3.05, 3.63) is 27.6 Å². The zero-order valence-electron chi connectivity index (χ0n) is 7.48. The molecule has 1 aromatic heterocycles. The number of hydrogen-bond donors (Lipinski definition) is 2. The van der Waals surface area contributed by atoms with Crippen LogP contribution in [0.25, 0.3) is 11.4 Å². The molecule has 2 rings (SSSR count). The Morgan fingerprint density at radius 1 is 1.33 bits per heavy atom. The topological polar surface area (TPSA) is 82.8 Å². The van der Waals surface area contributed by atoms with Crippen molar-refractivity contribution in [2.75, 3.05) is 11.6 Å². The molecule has 0 saturated heterocycles. The van der Waals surface area contributed by atoms with Crippen LogP contribution in [0.15, 0.2) is 18.2 Å². The molecule has 1 heterocycles. The van der Waals surface area contributed by atoms with E-state index in [1.165, 1.54) is 12.1 Å². The fraction of sp³-hybridized carbons (Fsp3) is 0. The zero-order valence-corrected chi connectivity index (χ0v) is 9.64. The molecule has 1 aromatic carbocycles. The van der Waals surface area contributed by atoms with Crippen LogP contribution >= 0.6 is 22.6 Å². The fourth-order valence-electron chi connectivity index (χ4n) is 1.16. The number of benzene rings is 1. The second kappa shape index (κ2) is 3.65. The van der Waals surface area contributed by atoms with E-state index in [0.29, 0.717) is 15.0 Å². The normalized spacial score (nSPS) is 10.5. The van der Waals surface area contributed by atoms with Crippen LogP contribution in [0, 0.1) is 9.39 Å². The summed E-state index contributed by atoms with van der Waals surface area (Å²) in [6.07, 6.45) is 0. The molecule has 15 heavy (non-hydrogen) atoms. The number of anilines is 1. The Balaban J connectivity index is 2.59. The molecule has 0 spiro atoms. The zero-order chi connectivity index (χ0) is 11.0. The molecule has 0 aliphatic rings. The van der Waals surface area contributed by atoms with Crippen molar-refractivity contribution in [1.82, 2.24) is 14.9 Å². The molecule has 0 amide bonds. The molecular weight excluding hydrogens is 312 g/mol. The molecule has 0 aliphatic carbocycles. The van der Waals surface area contributed by atoms with Crippen LogP contribution in [-0.4, -0.2) is 14.9 Å². The van der Waals surface area contributed by atoms with Crippen molar-refractivity contribution < 1.29 is 4.39 Å². The third kappa shape index (κ3) is 1.74. The van der Waals surface area contributed by atoms with Gasteiger partial charge in [0.1, 0.15) is 5.82 Å². The Labute approximate surface area is 98.4 Å². The lowest BCUT2D eigenvalue weighted by Crippen LogP contribution is -2.13. The molecule has 0 atom stereocenters. The maximum Gasteiger partial charge on any atom is 0.241 e. The van der Waals surface area contributed by atoms with E-state index in [4.69, 9.17) is 11.6 Å². The number of hydrogen-bond acceptors (Lipinski definition) is 4. The van der Waals surface area contributed by atoms with Gasteiger partial charge in [-0.05, 0) is 40.8 Å². The van der Waals surface area contributed by atoms with Crippen molar-refractivity contribution in [1.29, 1.82) is 0 Å². The van der Waals surface area contributed by atoms with Crippen LogP contribution in [0.5, 0.6) is 0 Å². The van der Waals surface area contributed by atoms with Crippen molar-refractivity contribution in [3.8, 4) is 11.4 Å². The van der Waals surface area contributed by atoms with E-state index in [9.17, 15) is 4.39 Å². The van der Waals surface area contributed by atoms with Gasteiger partial charge in [-0.3, -0.25) is 0 Å². The summed E-state index contributed by atoms with van der Waals surface area (Å²) in [6, 6.07) is 4.31. The Morgan fingerprint density at radius 2 is 2.07 bits per heavy atom. The predicted molar refractivity (Wildman–Crippen MR) is 62.7 cm³/mol. The van der Waals surface area contributed by atoms with Gasteiger partial charge in [-0.2, -0.15) is 0 Å². The quantitative estimate of drug-likeness (QED) is 0.606. The largest absolute Gasteiger partial charge is 0.366 e. The van der Waals surface area contributed by atoms with Crippen molar-refractivity contribution in [3.63, 3.8) is 0 Å². The highest BCUT2D eigenvalue weighted by atomic mass is 127. The highest BCUT2D eigenvalue weighted by molar-refractivity contribution is 14.1. The minimum Gasteiger partial charge on any atom is -0.366 e. The van der Waals surface area contributed by atoms with E-state index in [-0.39, 0.29) is 11.8 Å². The first-order valence-electron chi connectivity index (χ1n) is 4.01. The smallest absolute Gasteiger partial charge is 0.241 e. The summed E-state index contributed by atoms with van der Waals surface area (Å²) in [5, 5.41) is 7.44. The lowest BCUT2D eigenvalue weighted by atomic mass is 10.2. The molecule has 0 saturated carbocycles. The molecule has 2 aromatic rings. The lowest BCUT2D eigenvalue weighted by Gasteiger charge is -2.03. The van der Waals surface area contributed by atoms with Crippen molar-refractivity contribution in [2.24, 2.45) is 0 Å². The van der Waals surface area contributed by atoms with E-state index >= 15 is 0 Å². The number of rotatable bonds is 1. The molecule has 0 unspecified atom stereocenters. The monoisotopic (exact) mass is 319 g/mol. The second-order valence-electron chi connectivity index (χ2n) is 2.88. The molecule has 0 aliphatic heterocycles. The standard InChI is InChI=1S/C8H7FIN5/c9-4-1-2-5(6(10)3-4)7-13-14-8(11)15(7)12/h1-3H,12H2,(H2,11,14). The molecule has 78 valence electrons. The Hall–Kier alpha value is -1.38. The van der Waals surface area contributed by atoms with Gasteiger partial charge in [0.25, 0.3) is 0 Å². The van der Waals surface area contributed by atoms with Gasteiger partial charge in [0, 0.05) is 9.13 Å². The molecule has 0 radical (unpaired) electrons. The van der Waals surface area contributed by atoms with Crippen LogP contribution in [0.2, 0.25) is 0 Å². The molecule has 7 heteroatoms. The summed E-state index contributed by atoms with van der Waals surface area (Å²) in [7, 11) is 0. The second-order valence-corrected chi connectivity index (χ2v) is 4.04. The van der Waals surface area contributed by atoms with Crippen LogP contribution in [-0.2, 0) is 0 Å². The van der Waals surface area contributed by atoms with E-state index < -0.39 is 0 Å². The Kier molecular flexibility index (Phi) is 2.47. The third-order valence-electron chi connectivity index (χ3n) is 1.89. The van der Waals surface area contributed by atoms with E-state index in [0.717, 1.165) is 4.68 Å². The van der Waals surface area contributed by atoms with Gasteiger partial charge in [-0.15, -0.1) is 10.2 Å². The SMILES string of the molecule is Nc1nnc(-c2ccc(F)cc2I)n1N. The third-order valence-corrected chi connectivity index (χ3v) is 2.79. The highest BCUT2D eigenvalue weighted by Gasteiger charge is 2.12.